The average Bonchev–Trinajstić information content (AvgIpc) is 2.96. The lowest BCUT2D eigenvalue weighted by Gasteiger charge is -2.13. The number of hydrogen-bond acceptors (Lipinski definition) is 9. The van der Waals surface area contributed by atoms with Crippen LogP contribution in [0.25, 0.3) is 0 Å². The minimum atomic E-state index is -0.631. The fourth-order valence-electron chi connectivity index (χ4n) is 4.05. The summed E-state index contributed by atoms with van der Waals surface area (Å²) in [5.41, 5.74) is 0.904. The van der Waals surface area contributed by atoms with Gasteiger partial charge in [0, 0.05) is 66.7 Å². The molecule has 0 aliphatic rings. The van der Waals surface area contributed by atoms with Gasteiger partial charge in [-0.1, -0.05) is 18.2 Å². The highest BCUT2D eigenvalue weighted by atomic mass is 16.5. The number of benzene rings is 4. The second-order valence-corrected chi connectivity index (χ2v) is 9.53. The van der Waals surface area contributed by atoms with Crippen molar-refractivity contribution in [2.45, 2.75) is 20.8 Å². The van der Waals surface area contributed by atoms with Crippen LogP contribution in [-0.4, -0.2) is 35.6 Å². The molecule has 45 heavy (non-hydrogen) atoms. The smallest absolute Gasteiger partial charge is 0.308 e. The van der Waals surface area contributed by atoms with Crippen molar-refractivity contribution in [1.29, 1.82) is 0 Å². The molecular weight excluding hydrogens is 582 g/mol. The van der Waals surface area contributed by atoms with Gasteiger partial charge in [-0.25, -0.2) is 0 Å². The molecule has 4 aromatic rings. The van der Waals surface area contributed by atoms with Crippen LogP contribution in [0.2, 0.25) is 0 Å². The Bertz CT molecular complexity index is 1730. The first-order valence-corrected chi connectivity index (χ1v) is 13.4. The molecule has 12 nitrogen and oxygen atoms in total. The molecule has 0 saturated heterocycles. The van der Waals surface area contributed by atoms with E-state index in [1.165, 1.54) is 75.4 Å². The molecule has 4 rings (SSSR count). The molecule has 0 aliphatic carbocycles. The molecule has 12 heteroatoms. The third kappa shape index (κ3) is 9.35. The summed E-state index contributed by atoms with van der Waals surface area (Å²) in [7, 11) is 0. The molecule has 0 fully saturated rings. The summed E-state index contributed by atoms with van der Waals surface area (Å²) in [6.07, 6.45) is 0. The normalized spacial score (nSPS) is 10.2. The highest BCUT2D eigenvalue weighted by molar-refractivity contribution is 6.11. The van der Waals surface area contributed by atoms with E-state index in [9.17, 15) is 28.8 Å². The number of amides is 3. The van der Waals surface area contributed by atoms with Crippen LogP contribution in [0.15, 0.2) is 91.0 Å². The van der Waals surface area contributed by atoms with Gasteiger partial charge in [0.05, 0.1) is 0 Å². The van der Waals surface area contributed by atoms with Gasteiger partial charge in [0.15, 0.2) is 0 Å². The lowest BCUT2D eigenvalue weighted by molar-refractivity contribution is -0.132. The third-order valence-corrected chi connectivity index (χ3v) is 5.78. The minimum absolute atomic E-state index is 0.0122. The molecule has 0 unspecified atom stereocenters. The van der Waals surface area contributed by atoms with Crippen molar-refractivity contribution in [2.24, 2.45) is 0 Å². The van der Waals surface area contributed by atoms with E-state index in [2.05, 4.69) is 16.0 Å². The standard InChI is InChI=1S/C33H27N3O9/c1-19(37)43-28-10-4-7-22(16-28)31(40)36-27-14-23(32(41)34-25-8-5-11-29(17-25)44-20(2)38)13-24(15-27)33(42)35-26-9-6-12-30(18-26)45-21(3)39/h4-18H,1-3H3,(H,34,41)(H,35,42)(H,36,40). The molecule has 0 heterocycles. The van der Waals surface area contributed by atoms with Crippen LogP contribution in [0.3, 0.4) is 0 Å². The zero-order valence-electron chi connectivity index (χ0n) is 24.3. The van der Waals surface area contributed by atoms with Gasteiger partial charge in [-0.15, -0.1) is 0 Å². The second kappa shape index (κ2) is 14.2. The number of nitrogens with one attached hydrogen (secondary N) is 3. The fourth-order valence-corrected chi connectivity index (χ4v) is 4.05. The summed E-state index contributed by atoms with van der Waals surface area (Å²) >= 11 is 0. The van der Waals surface area contributed by atoms with Gasteiger partial charge >= 0.3 is 17.9 Å². The third-order valence-electron chi connectivity index (χ3n) is 5.78. The van der Waals surface area contributed by atoms with E-state index in [1.807, 2.05) is 0 Å². The van der Waals surface area contributed by atoms with Crippen molar-refractivity contribution >= 4 is 52.7 Å². The van der Waals surface area contributed by atoms with Gasteiger partial charge in [-0.3, -0.25) is 28.8 Å². The molecule has 228 valence electrons. The Morgan fingerprint density at radius 3 is 1.24 bits per heavy atom. The van der Waals surface area contributed by atoms with Crippen LogP contribution in [0.1, 0.15) is 51.8 Å². The summed E-state index contributed by atoms with van der Waals surface area (Å²) in [4.78, 5) is 73.8. The molecular formula is C33H27N3O9. The zero-order valence-corrected chi connectivity index (χ0v) is 24.3. The number of carbonyl (C=O) groups is 6. The Labute approximate surface area is 257 Å². The van der Waals surface area contributed by atoms with Gasteiger partial charge in [0.1, 0.15) is 17.2 Å². The summed E-state index contributed by atoms with van der Waals surface area (Å²) in [5, 5.41) is 8.02. The summed E-state index contributed by atoms with van der Waals surface area (Å²) in [5.74, 6) is -2.89. The Kier molecular flexibility index (Phi) is 10.0. The highest BCUT2D eigenvalue weighted by Crippen LogP contribution is 2.23. The highest BCUT2D eigenvalue weighted by Gasteiger charge is 2.17. The number of rotatable bonds is 9. The first kappa shape index (κ1) is 31.6. The maximum Gasteiger partial charge on any atom is 0.308 e. The molecule has 0 saturated carbocycles. The van der Waals surface area contributed by atoms with Crippen molar-refractivity contribution in [2.75, 3.05) is 16.0 Å². The number of hydrogen-bond donors (Lipinski definition) is 3. The van der Waals surface area contributed by atoms with Crippen LogP contribution in [0.4, 0.5) is 17.1 Å². The first-order chi connectivity index (χ1) is 21.4. The van der Waals surface area contributed by atoms with E-state index in [0.717, 1.165) is 0 Å². The van der Waals surface area contributed by atoms with Crippen LogP contribution in [0, 0.1) is 0 Å². The number of anilines is 3. The lowest BCUT2D eigenvalue weighted by atomic mass is 10.1. The van der Waals surface area contributed by atoms with Gasteiger partial charge < -0.3 is 30.2 Å². The topological polar surface area (TPSA) is 166 Å². The van der Waals surface area contributed by atoms with Crippen LogP contribution in [0.5, 0.6) is 17.2 Å². The van der Waals surface area contributed by atoms with E-state index in [4.69, 9.17) is 14.2 Å². The first-order valence-electron chi connectivity index (χ1n) is 13.4. The summed E-state index contributed by atoms with van der Waals surface area (Å²) in [6, 6.07) is 22.3. The van der Waals surface area contributed by atoms with Gasteiger partial charge in [0.25, 0.3) is 17.7 Å². The molecule has 0 radical (unpaired) electrons. The predicted molar refractivity (Wildman–Crippen MR) is 164 cm³/mol. The van der Waals surface area contributed by atoms with Crippen molar-refractivity contribution in [3.8, 4) is 17.2 Å². The van der Waals surface area contributed by atoms with Crippen molar-refractivity contribution in [3.63, 3.8) is 0 Å². The molecule has 4 aromatic carbocycles. The Hall–Kier alpha value is -6.30. The average molecular weight is 610 g/mol. The zero-order chi connectivity index (χ0) is 32.5. The van der Waals surface area contributed by atoms with E-state index in [0.29, 0.717) is 11.4 Å². The molecule has 0 bridgehead atoms. The SMILES string of the molecule is CC(=O)Oc1cccc(NC(=O)c2cc(NC(=O)c3cccc(OC(C)=O)c3)cc(C(=O)Nc3cccc(OC(C)=O)c3)c2)c1. The van der Waals surface area contributed by atoms with Crippen molar-refractivity contribution in [3.05, 3.63) is 108 Å². The Morgan fingerprint density at radius 1 is 0.422 bits per heavy atom. The molecule has 0 atom stereocenters. The monoisotopic (exact) mass is 609 g/mol. The predicted octanol–water partition coefficient (Wildman–Crippen LogP) is 5.22. The number of ether oxygens (including phenoxy) is 3. The number of esters is 3. The second-order valence-electron chi connectivity index (χ2n) is 9.53. The summed E-state index contributed by atoms with van der Waals surface area (Å²) in [6.45, 7) is 3.72. The molecule has 0 spiro atoms. The van der Waals surface area contributed by atoms with E-state index < -0.39 is 35.6 Å². The number of carbonyl (C=O) groups excluding carboxylic acids is 6. The minimum Gasteiger partial charge on any atom is -0.427 e. The maximum absolute atomic E-state index is 13.3. The maximum atomic E-state index is 13.3. The molecule has 3 amide bonds. The largest absolute Gasteiger partial charge is 0.427 e. The lowest BCUT2D eigenvalue weighted by Crippen LogP contribution is -2.18. The van der Waals surface area contributed by atoms with Gasteiger partial charge in [-0.2, -0.15) is 0 Å². The van der Waals surface area contributed by atoms with E-state index in [-0.39, 0.29) is 39.6 Å². The fraction of sp³-hybridized carbons (Fsp3) is 0.0909. The Morgan fingerprint density at radius 2 is 0.800 bits per heavy atom. The van der Waals surface area contributed by atoms with Crippen LogP contribution < -0.4 is 30.2 Å². The summed E-state index contributed by atoms with van der Waals surface area (Å²) < 4.78 is 15.2. The van der Waals surface area contributed by atoms with Crippen molar-refractivity contribution < 1.29 is 43.0 Å². The Balaban J connectivity index is 1.64. The van der Waals surface area contributed by atoms with E-state index >= 15 is 0 Å². The molecule has 3 N–H and O–H groups in total. The van der Waals surface area contributed by atoms with E-state index in [1.54, 1.807) is 36.4 Å². The molecule has 0 aromatic heterocycles. The quantitative estimate of drug-likeness (QED) is 0.170. The van der Waals surface area contributed by atoms with Crippen molar-refractivity contribution in [1.82, 2.24) is 0 Å². The van der Waals surface area contributed by atoms with Crippen LogP contribution in [-0.2, 0) is 14.4 Å². The van der Waals surface area contributed by atoms with Crippen LogP contribution >= 0.6 is 0 Å². The molecule has 0 aliphatic heterocycles. The van der Waals surface area contributed by atoms with Gasteiger partial charge in [0.2, 0.25) is 0 Å². The van der Waals surface area contributed by atoms with Gasteiger partial charge in [-0.05, 0) is 60.7 Å².